The highest BCUT2D eigenvalue weighted by molar-refractivity contribution is 6.76. The van der Waals surface area contributed by atoms with Gasteiger partial charge in [0.2, 0.25) is 6.41 Å². The number of benzene rings is 1. The summed E-state index contributed by atoms with van der Waals surface area (Å²) < 4.78 is -2.10. The average Bonchev–Trinajstić information content (AvgIpc) is 2.22. The SMILES string of the molecule is O=CNc1c(Cl)cc(NC(=O)C(Cl)(Cl)Cl)cc1Cl. The first kappa shape index (κ1) is 15.7. The van der Waals surface area contributed by atoms with Gasteiger partial charge in [-0.1, -0.05) is 58.0 Å². The fourth-order valence-corrected chi connectivity index (χ4v) is 1.78. The lowest BCUT2D eigenvalue weighted by atomic mass is 10.2. The fourth-order valence-electron chi connectivity index (χ4n) is 1.04. The van der Waals surface area contributed by atoms with Gasteiger partial charge in [-0.25, -0.2) is 0 Å². The number of amides is 2. The van der Waals surface area contributed by atoms with Crippen LogP contribution in [0.1, 0.15) is 0 Å². The predicted molar refractivity (Wildman–Crippen MR) is 75.1 cm³/mol. The highest BCUT2D eigenvalue weighted by Gasteiger charge is 2.30. The van der Waals surface area contributed by atoms with Crippen LogP contribution >= 0.6 is 58.0 Å². The summed E-state index contributed by atoms with van der Waals surface area (Å²) in [5, 5.41) is 4.90. The molecule has 2 amide bonds. The van der Waals surface area contributed by atoms with E-state index in [1.807, 2.05) is 0 Å². The molecule has 0 heterocycles. The Kier molecular flexibility index (Phi) is 5.37. The number of anilines is 2. The molecule has 0 aliphatic rings. The number of hydrogen-bond acceptors (Lipinski definition) is 2. The quantitative estimate of drug-likeness (QED) is 0.642. The van der Waals surface area contributed by atoms with Gasteiger partial charge in [-0.3, -0.25) is 9.59 Å². The minimum absolute atomic E-state index is 0.134. The maximum atomic E-state index is 11.4. The Bertz CT molecular complexity index is 463. The highest BCUT2D eigenvalue weighted by Crippen LogP contribution is 2.34. The number of hydrogen-bond donors (Lipinski definition) is 2. The fraction of sp³-hybridized carbons (Fsp3) is 0.111. The summed E-state index contributed by atoms with van der Waals surface area (Å²) in [5.41, 5.74) is 0.456. The van der Waals surface area contributed by atoms with E-state index in [4.69, 9.17) is 58.0 Å². The van der Waals surface area contributed by atoms with Gasteiger partial charge in [0.25, 0.3) is 9.70 Å². The molecule has 0 radical (unpaired) electrons. The van der Waals surface area contributed by atoms with Crippen LogP contribution < -0.4 is 10.6 Å². The molecule has 0 unspecified atom stereocenters. The zero-order valence-electron chi connectivity index (χ0n) is 8.44. The van der Waals surface area contributed by atoms with Crippen LogP contribution in [0.4, 0.5) is 11.4 Å². The van der Waals surface area contributed by atoms with Gasteiger partial charge in [0.15, 0.2) is 0 Å². The zero-order valence-corrected chi connectivity index (χ0v) is 12.2. The third kappa shape index (κ3) is 4.07. The summed E-state index contributed by atoms with van der Waals surface area (Å²) in [6.07, 6.45) is 0.423. The standard InChI is InChI=1S/C9H5Cl5N2O2/c10-5-1-4(16-8(18)9(12,13)14)2-6(11)7(5)15-3-17/h1-3H,(H,15,17)(H,16,18). The first-order valence-electron chi connectivity index (χ1n) is 4.33. The van der Waals surface area contributed by atoms with Crippen LogP contribution in [0.25, 0.3) is 0 Å². The van der Waals surface area contributed by atoms with Crippen LogP contribution in [0.3, 0.4) is 0 Å². The lowest BCUT2D eigenvalue weighted by Gasteiger charge is -2.13. The van der Waals surface area contributed by atoms with E-state index in [0.717, 1.165) is 0 Å². The van der Waals surface area contributed by atoms with Crippen molar-refractivity contribution >= 4 is 81.7 Å². The van der Waals surface area contributed by atoms with Gasteiger partial charge in [0, 0.05) is 5.69 Å². The van der Waals surface area contributed by atoms with Gasteiger partial charge in [-0.15, -0.1) is 0 Å². The van der Waals surface area contributed by atoms with Crippen molar-refractivity contribution in [3.8, 4) is 0 Å². The van der Waals surface area contributed by atoms with E-state index >= 15 is 0 Å². The molecule has 1 aromatic carbocycles. The largest absolute Gasteiger partial charge is 0.326 e. The first-order chi connectivity index (χ1) is 8.25. The van der Waals surface area contributed by atoms with Crippen LogP contribution in [0.15, 0.2) is 12.1 Å². The third-order valence-corrected chi connectivity index (χ3v) is 2.87. The van der Waals surface area contributed by atoms with E-state index < -0.39 is 9.70 Å². The van der Waals surface area contributed by atoms with Crippen LogP contribution in [0, 0.1) is 0 Å². The molecule has 0 saturated carbocycles. The van der Waals surface area contributed by atoms with E-state index in [-0.39, 0.29) is 21.4 Å². The van der Waals surface area contributed by atoms with Crippen LogP contribution in [0.2, 0.25) is 10.0 Å². The van der Waals surface area contributed by atoms with Crippen LogP contribution in [0.5, 0.6) is 0 Å². The zero-order chi connectivity index (χ0) is 13.9. The summed E-state index contributed by atoms with van der Waals surface area (Å²) in [6, 6.07) is 2.71. The average molecular weight is 350 g/mol. The van der Waals surface area contributed by atoms with Crippen molar-refractivity contribution in [2.45, 2.75) is 3.79 Å². The summed E-state index contributed by atoms with van der Waals surface area (Å²) in [4.78, 5) is 21.7. The monoisotopic (exact) mass is 348 g/mol. The second-order valence-corrected chi connectivity index (χ2v) is 6.12. The van der Waals surface area contributed by atoms with E-state index in [1.54, 1.807) is 0 Å². The molecule has 0 bridgehead atoms. The molecule has 18 heavy (non-hydrogen) atoms. The number of carbonyl (C=O) groups excluding carboxylic acids is 2. The smallest absolute Gasteiger partial charge is 0.276 e. The Labute approximate surface area is 127 Å². The lowest BCUT2D eigenvalue weighted by molar-refractivity contribution is -0.115. The molecule has 0 atom stereocenters. The van der Waals surface area contributed by atoms with Gasteiger partial charge in [0.1, 0.15) is 0 Å². The summed E-state index contributed by atoms with van der Waals surface area (Å²) in [6.45, 7) is 0. The Morgan fingerprint density at radius 3 is 2.06 bits per heavy atom. The molecular formula is C9H5Cl5N2O2. The van der Waals surface area contributed by atoms with Crippen molar-refractivity contribution in [1.82, 2.24) is 0 Å². The first-order valence-corrected chi connectivity index (χ1v) is 6.22. The number of alkyl halides is 3. The van der Waals surface area contributed by atoms with E-state index in [2.05, 4.69) is 10.6 Å². The molecule has 0 aromatic heterocycles. The molecule has 0 spiro atoms. The topological polar surface area (TPSA) is 58.2 Å². The van der Waals surface area contributed by atoms with Gasteiger partial charge in [0.05, 0.1) is 15.7 Å². The van der Waals surface area contributed by atoms with Crippen LogP contribution in [-0.2, 0) is 9.59 Å². The third-order valence-electron chi connectivity index (χ3n) is 1.76. The normalized spacial score (nSPS) is 10.9. The van der Waals surface area contributed by atoms with Gasteiger partial charge in [-0.05, 0) is 12.1 Å². The van der Waals surface area contributed by atoms with E-state index in [0.29, 0.717) is 6.41 Å². The molecule has 1 aromatic rings. The summed E-state index contributed by atoms with van der Waals surface area (Å²) in [7, 11) is 0. The molecular weight excluding hydrogens is 345 g/mol. The molecule has 0 aliphatic carbocycles. The summed E-state index contributed by atoms with van der Waals surface area (Å²) in [5.74, 6) is -0.851. The molecule has 98 valence electrons. The van der Waals surface area contributed by atoms with Crippen molar-refractivity contribution in [2.24, 2.45) is 0 Å². The van der Waals surface area contributed by atoms with Crippen LogP contribution in [-0.4, -0.2) is 16.1 Å². The summed E-state index contributed by atoms with van der Waals surface area (Å²) >= 11 is 27.9. The number of halogens is 5. The molecule has 0 aliphatic heterocycles. The van der Waals surface area contributed by atoms with Crippen molar-refractivity contribution in [3.05, 3.63) is 22.2 Å². The second kappa shape index (κ2) is 6.17. The minimum Gasteiger partial charge on any atom is -0.326 e. The Morgan fingerprint density at radius 2 is 1.67 bits per heavy atom. The minimum atomic E-state index is -2.10. The van der Waals surface area contributed by atoms with Crippen molar-refractivity contribution in [3.63, 3.8) is 0 Å². The molecule has 2 N–H and O–H groups in total. The van der Waals surface area contributed by atoms with Crippen molar-refractivity contribution in [2.75, 3.05) is 10.6 Å². The number of carbonyl (C=O) groups is 2. The molecule has 9 heteroatoms. The highest BCUT2D eigenvalue weighted by atomic mass is 35.6. The lowest BCUT2D eigenvalue weighted by Crippen LogP contribution is -2.26. The second-order valence-electron chi connectivity index (χ2n) is 3.03. The molecule has 0 saturated heterocycles. The van der Waals surface area contributed by atoms with E-state index in [1.165, 1.54) is 12.1 Å². The van der Waals surface area contributed by atoms with Crippen molar-refractivity contribution < 1.29 is 9.59 Å². The van der Waals surface area contributed by atoms with Gasteiger partial charge < -0.3 is 10.6 Å². The van der Waals surface area contributed by atoms with Gasteiger partial charge >= 0.3 is 0 Å². The number of nitrogens with one attached hydrogen (secondary N) is 2. The number of rotatable bonds is 3. The molecule has 1 rings (SSSR count). The molecule has 0 fully saturated rings. The molecule has 4 nitrogen and oxygen atoms in total. The Balaban J connectivity index is 3.00. The maximum absolute atomic E-state index is 11.4. The van der Waals surface area contributed by atoms with E-state index in [9.17, 15) is 9.59 Å². The van der Waals surface area contributed by atoms with Crippen molar-refractivity contribution in [1.29, 1.82) is 0 Å². The maximum Gasteiger partial charge on any atom is 0.276 e. The Morgan fingerprint density at radius 1 is 1.17 bits per heavy atom. The predicted octanol–water partition coefficient (Wildman–Crippen LogP) is 3.87. The van der Waals surface area contributed by atoms with Gasteiger partial charge in [-0.2, -0.15) is 0 Å². The Hall–Kier alpha value is -0.390.